The maximum atomic E-state index is 13.6. The second-order valence-corrected chi connectivity index (χ2v) is 4.95. The molecule has 0 saturated heterocycles. The number of methoxy groups -OCH3 is 3. The average molecular weight is 315 g/mol. The lowest BCUT2D eigenvalue weighted by molar-refractivity contribution is 0.396. The molecule has 5 heteroatoms. The summed E-state index contributed by atoms with van der Waals surface area (Å²) >= 11 is 0. The summed E-state index contributed by atoms with van der Waals surface area (Å²) < 4.78 is 29.4. The Hall–Kier alpha value is -2.74. The zero-order valence-electron chi connectivity index (χ0n) is 13.3. The second-order valence-electron chi connectivity index (χ2n) is 4.95. The minimum absolute atomic E-state index is 0.358. The van der Waals surface area contributed by atoms with Gasteiger partial charge in [-0.2, -0.15) is 5.26 Å². The van der Waals surface area contributed by atoms with Crippen LogP contribution in [-0.2, 0) is 6.42 Å². The molecule has 0 heterocycles. The standard InChI is InChI=1S/C18H18FNO3/c1-21-15-5-7-17(22-2)12(9-15)8-13(11-20)16-10-14(19)4-6-18(16)23-3/h4-7,9-10,13H,8H2,1-3H3. The van der Waals surface area contributed by atoms with Crippen LogP contribution in [0.2, 0.25) is 0 Å². The highest BCUT2D eigenvalue weighted by Crippen LogP contribution is 2.33. The molecule has 0 saturated carbocycles. The average Bonchev–Trinajstić information content (AvgIpc) is 2.59. The number of nitrogens with zero attached hydrogens (tertiary/aromatic N) is 1. The summed E-state index contributed by atoms with van der Waals surface area (Å²) in [5.41, 5.74) is 1.32. The van der Waals surface area contributed by atoms with Crippen LogP contribution in [0, 0.1) is 17.1 Å². The molecule has 0 aromatic heterocycles. The van der Waals surface area contributed by atoms with Crippen molar-refractivity contribution >= 4 is 0 Å². The van der Waals surface area contributed by atoms with E-state index in [9.17, 15) is 9.65 Å². The molecule has 0 aliphatic carbocycles. The predicted molar refractivity (Wildman–Crippen MR) is 84.6 cm³/mol. The van der Waals surface area contributed by atoms with Crippen molar-refractivity contribution in [1.82, 2.24) is 0 Å². The van der Waals surface area contributed by atoms with Gasteiger partial charge in [-0.15, -0.1) is 0 Å². The third kappa shape index (κ3) is 3.72. The lowest BCUT2D eigenvalue weighted by Crippen LogP contribution is -2.05. The zero-order chi connectivity index (χ0) is 16.8. The van der Waals surface area contributed by atoms with E-state index in [-0.39, 0.29) is 0 Å². The van der Waals surface area contributed by atoms with Crippen LogP contribution < -0.4 is 14.2 Å². The number of hydrogen-bond donors (Lipinski definition) is 0. The fourth-order valence-corrected chi connectivity index (χ4v) is 2.46. The zero-order valence-corrected chi connectivity index (χ0v) is 13.3. The Morgan fingerprint density at radius 2 is 1.70 bits per heavy atom. The molecular weight excluding hydrogens is 297 g/mol. The molecule has 0 aliphatic rings. The number of rotatable bonds is 6. The van der Waals surface area contributed by atoms with Crippen molar-refractivity contribution in [3.05, 3.63) is 53.3 Å². The third-order valence-corrected chi connectivity index (χ3v) is 3.63. The van der Waals surface area contributed by atoms with E-state index in [1.54, 1.807) is 26.4 Å². The topological polar surface area (TPSA) is 51.5 Å². The molecule has 0 aliphatic heterocycles. The summed E-state index contributed by atoms with van der Waals surface area (Å²) in [6.45, 7) is 0. The smallest absolute Gasteiger partial charge is 0.123 e. The summed E-state index contributed by atoms with van der Waals surface area (Å²) in [6.07, 6.45) is 0.358. The van der Waals surface area contributed by atoms with E-state index >= 15 is 0 Å². The minimum Gasteiger partial charge on any atom is -0.497 e. The van der Waals surface area contributed by atoms with Crippen LogP contribution in [0.5, 0.6) is 17.2 Å². The number of nitriles is 1. The molecule has 0 amide bonds. The first-order valence-electron chi connectivity index (χ1n) is 7.06. The van der Waals surface area contributed by atoms with Crippen LogP contribution in [0.4, 0.5) is 4.39 Å². The van der Waals surface area contributed by atoms with E-state index in [0.29, 0.717) is 29.2 Å². The molecule has 1 atom stereocenters. The van der Waals surface area contributed by atoms with Crippen LogP contribution in [0.3, 0.4) is 0 Å². The van der Waals surface area contributed by atoms with Gasteiger partial charge in [0.25, 0.3) is 0 Å². The molecular formula is C18H18FNO3. The van der Waals surface area contributed by atoms with E-state index in [1.165, 1.54) is 25.3 Å². The van der Waals surface area contributed by atoms with Crippen molar-refractivity contribution in [2.24, 2.45) is 0 Å². The third-order valence-electron chi connectivity index (χ3n) is 3.63. The highest BCUT2D eigenvalue weighted by molar-refractivity contribution is 5.45. The lowest BCUT2D eigenvalue weighted by Gasteiger charge is -2.16. The lowest BCUT2D eigenvalue weighted by atomic mass is 9.92. The van der Waals surface area contributed by atoms with Crippen LogP contribution in [-0.4, -0.2) is 21.3 Å². The predicted octanol–water partition coefficient (Wildman–Crippen LogP) is 3.70. The maximum Gasteiger partial charge on any atom is 0.123 e. The van der Waals surface area contributed by atoms with Gasteiger partial charge in [0.15, 0.2) is 0 Å². The molecule has 2 aromatic carbocycles. The summed E-state index contributed by atoms with van der Waals surface area (Å²) in [7, 11) is 4.63. The normalized spacial score (nSPS) is 11.4. The Bertz CT molecular complexity index is 725. The van der Waals surface area contributed by atoms with Gasteiger partial charge in [-0.25, -0.2) is 4.39 Å². The number of halogens is 1. The summed E-state index contributed by atoms with van der Waals surface area (Å²) in [5.74, 6) is 0.838. The van der Waals surface area contributed by atoms with Crippen LogP contribution in [0.15, 0.2) is 36.4 Å². The fraction of sp³-hybridized carbons (Fsp3) is 0.278. The molecule has 0 fully saturated rings. The van der Waals surface area contributed by atoms with E-state index in [0.717, 1.165) is 5.56 Å². The SMILES string of the molecule is COc1ccc(OC)c(CC(C#N)c2cc(F)ccc2OC)c1. The molecule has 120 valence electrons. The number of ether oxygens (including phenoxy) is 3. The first-order chi connectivity index (χ1) is 11.1. The molecule has 0 N–H and O–H groups in total. The van der Waals surface area contributed by atoms with Crippen molar-refractivity contribution in [2.75, 3.05) is 21.3 Å². The minimum atomic E-state index is -0.568. The molecule has 0 radical (unpaired) electrons. The molecule has 1 unspecified atom stereocenters. The quantitative estimate of drug-likeness (QED) is 0.815. The van der Waals surface area contributed by atoms with Crippen molar-refractivity contribution in [1.29, 1.82) is 5.26 Å². The Morgan fingerprint density at radius 1 is 1.00 bits per heavy atom. The van der Waals surface area contributed by atoms with Crippen LogP contribution in [0.1, 0.15) is 17.0 Å². The maximum absolute atomic E-state index is 13.6. The first kappa shape index (κ1) is 16.6. The van der Waals surface area contributed by atoms with Gasteiger partial charge in [-0.05, 0) is 48.4 Å². The van der Waals surface area contributed by atoms with Gasteiger partial charge < -0.3 is 14.2 Å². The van der Waals surface area contributed by atoms with Gasteiger partial charge in [0.2, 0.25) is 0 Å². The van der Waals surface area contributed by atoms with E-state index in [1.807, 2.05) is 6.07 Å². The first-order valence-corrected chi connectivity index (χ1v) is 7.06. The van der Waals surface area contributed by atoms with Gasteiger partial charge in [0, 0.05) is 5.56 Å². The van der Waals surface area contributed by atoms with Gasteiger partial charge in [0.1, 0.15) is 23.1 Å². The Morgan fingerprint density at radius 3 is 2.30 bits per heavy atom. The van der Waals surface area contributed by atoms with Gasteiger partial charge in [-0.3, -0.25) is 0 Å². The monoisotopic (exact) mass is 315 g/mol. The van der Waals surface area contributed by atoms with E-state index < -0.39 is 11.7 Å². The summed E-state index contributed by atoms with van der Waals surface area (Å²) in [4.78, 5) is 0. The largest absolute Gasteiger partial charge is 0.497 e. The molecule has 2 aromatic rings. The summed E-state index contributed by atoms with van der Waals surface area (Å²) in [6, 6.07) is 11.8. The highest BCUT2D eigenvalue weighted by Gasteiger charge is 2.19. The van der Waals surface area contributed by atoms with Crippen LogP contribution >= 0.6 is 0 Å². The van der Waals surface area contributed by atoms with Crippen LogP contribution in [0.25, 0.3) is 0 Å². The fourth-order valence-electron chi connectivity index (χ4n) is 2.46. The Balaban J connectivity index is 2.41. The Kier molecular flexibility index (Phi) is 5.42. The van der Waals surface area contributed by atoms with Crippen molar-refractivity contribution in [2.45, 2.75) is 12.3 Å². The van der Waals surface area contributed by atoms with Gasteiger partial charge in [0.05, 0.1) is 33.3 Å². The molecule has 4 nitrogen and oxygen atoms in total. The molecule has 23 heavy (non-hydrogen) atoms. The summed E-state index contributed by atoms with van der Waals surface area (Å²) in [5, 5.41) is 9.54. The highest BCUT2D eigenvalue weighted by atomic mass is 19.1. The number of hydrogen-bond acceptors (Lipinski definition) is 4. The molecule has 0 spiro atoms. The molecule has 0 bridgehead atoms. The Labute approximate surface area is 135 Å². The van der Waals surface area contributed by atoms with Gasteiger partial charge >= 0.3 is 0 Å². The van der Waals surface area contributed by atoms with Crippen molar-refractivity contribution < 1.29 is 18.6 Å². The van der Waals surface area contributed by atoms with E-state index in [2.05, 4.69) is 6.07 Å². The molecule has 2 rings (SSSR count). The van der Waals surface area contributed by atoms with Crippen molar-refractivity contribution in [3.8, 4) is 23.3 Å². The second kappa shape index (κ2) is 7.50. The number of benzene rings is 2. The van der Waals surface area contributed by atoms with Crippen molar-refractivity contribution in [3.63, 3.8) is 0 Å². The van der Waals surface area contributed by atoms with Gasteiger partial charge in [-0.1, -0.05) is 0 Å². The van der Waals surface area contributed by atoms with E-state index in [4.69, 9.17) is 14.2 Å².